The number of nitrogens with one attached hydrogen (secondary N) is 1. The molecule has 1 aromatic heterocycles. The van der Waals surface area contributed by atoms with Gasteiger partial charge in [-0.15, -0.1) is 0 Å². The minimum Gasteiger partial charge on any atom is -0.497 e. The number of benzene rings is 1. The first-order valence-electron chi connectivity index (χ1n) is 6.09. The lowest BCUT2D eigenvalue weighted by Crippen LogP contribution is -2.14. The van der Waals surface area contributed by atoms with E-state index in [9.17, 15) is 4.79 Å². The number of nitrogens with two attached hydrogens (primary N) is 2. The van der Waals surface area contributed by atoms with E-state index in [-0.39, 0.29) is 5.56 Å². The summed E-state index contributed by atoms with van der Waals surface area (Å²) in [6.45, 7) is 0. The van der Waals surface area contributed by atoms with Gasteiger partial charge in [0.15, 0.2) is 0 Å². The third-order valence-corrected chi connectivity index (χ3v) is 2.79. The van der Waals surface area contributed by atoms with Gasteiger partial charge >= 0.3 is 0 Å². The molecule has 2 rings (SSSR count). The van der Waals surface area contributed by atoms with Crippen molar-refractivity contribution in [2.24, 2.45) is 5.73 Å². The van der Waals surface area contributed by atoms with Crippen LogP contribution in [0.5, 0.6) is 11.5 Å². The summed E-state index contributed by atoms with van der Waals surface area (Å²) in [5.74, 6) is 0.903. The highest BCUT2D eigenvalue weighted by atomic mass is 16.5. The second kappa shape index (κ2) is 6.00. The van der Waals surface area contributed by atoms with Crippen LogP contribution in [0, 0.1) is 0 Å². The highest BCUT2D eigenvalue weighted by Gasteiger charge is 2.11. The van der Waals surface area contributed by atoms with Crippen molar-refractivity contribution in [3.05, 3.63) is 36.0 Å². The third-order valence-electron chi connectivity index (χ3n) is 2.79. The fourth-order valence-electron chi connectivity index (χ4n) is 1.78. The van der Waals surface area contributed by atoms with Crippen LogP contribution in [0.3, 0.4) is 0 Å². The number of ether oxygens (including phenoxy) is 2. The Hall–Kier alpha value is -2.96. The number of amides is 1. The van der Waals surface area contributed by atoms with Gasteiger partial charge in [0.2, 0.25) is 0 Å². The molecule has 0 aliphatic heterocycles. The van der Waals surface area contributed by atoms with E-state index in [1.807, 2.05) is 0 Å². The Bertz CT molecular complexity index is 651. The molecular formula is C14H16N4O3. The van der Waals surface area contributed by atoms with Crippen molar-refractivity contribution >= 4 is 23.1 Å². The van der Waals surface area contributed by atoms with Gasteiger partial charge in [-0.1, -0.05) is 0 Å². The van der Waals surface area contributed by atoms with Crippen LogP contribution in [-0.2, 0) is 0 Å². The standard InChI is InChI=1S/C14H16N4O3/c1-20-10-4-9(5-11(6-10)21-2)18-14-12(13(16)19)3-8(15)7-17-14/h3-7H,15H2,1-2H3,(H2,16,19)(H,17,18). The number of anilines is 3. The molecule has 0 unspecified atom stereocenters. The normalized spacial score (nSPS) is 10.0. The van der Waals surface area contributed by atoms with E-state index in [0.717, 1.165) is 0 Å². The molecule has 0 aliphatic carbocycles. The average Bonchev–Trinajstić information content (AvgIpc) is 2.48. The Morgan fingerprint density at radius 3 is 2.29 bits per heavy atom. The van der Waals surface area contributed by atoms with Gasteiger partial charge in [-0.3, -0.25) is 4.79 Å². The summed E-state index contributed by atoms with van der Waals surface area (Å²) in [6, 6.07) is 6.68. The maximum absolute atomic E-state index is 11.4. The van der Waals surface area contributed by atoms with Gasteiger partial charge in [-0.05, 0) is 6.07 Å². The second-order valence-electron chi connectivity index (χ2n) is 4.26. The van der Waals surface area contributed by atoms with Crippen molar-refractivity contribution in [1.29, 1.82) is 0 Å². The van der Waals surface area contributed by atoms with Gasteiger partial charge in [0.25, 0.3) is 5.91 Å². The molecule has 0 radical (unpaired) electrons. The number of aromatic nitrogens is 1. The number of carbonyl (C=O) groups excluding carboxylic acids is 1. The topological polar surface area (TPSA) is 112 Å². The van der Waals surface area contributed by atoms with Crippen LogP contribution in [0.15, 0.2) is 30.5 Å². The lowest BCUT2D eigenvalue weighted by atomic mass is 10.2. The molecule has 0 fully saturated rings. The molecule has 21 heavy (non-hydrogen) atoms. The smallest absolute Gasteiger partial charge is 0.252 e. The van der Waals surface area contributed by atoms with Crippen LogP contribution in [0.4, 0.5) is 17.2 Å². The van der Waals surface area contributed by atoms with E-state index in [1.165, 1.54) is 12.3 Å². The summed E-state index contributed by atoms with van der Waals surface area (Å²) in [5, 5.41) is 3.00. The number of carbonyl (C=O) groups is 1. The van der Waals surface area contributed by atoms with Crippen LogP contribution in [0.25, 0.3) is 0 Å². The van der Waals surface area contributed by atoms with Crippen molar-refractivity contribution < 1.29 is 14.3 Å². The SMILES string of the molecule is COc1cc(Nc2ncc(N)cc2C(N)=O)cc(OC)c1. The molecule has 0 aliphatic rings. The molecule has 7 heteroatoms. The van der Waals surface area contributed by atoms with Crippen molar-refractivity contribution in [2.75, 3.05) is 25.3 Å². The summed E-state index contributed by atoms with van der Waals surface area (Å²) in [5.41, 5.74) is 12.1. The van der Waals surface area contributed by atoms with Crippen LogP contribution in [0.2, 0.25) is 0 Å². The Balaban J connectivity index is 2.40. The molecule has 0 spiro atoms. The first-order chi connectivity index (χ1) is 10.0. The van der Waals surface area contributed by atoms with E-state index >= 15 is 0 Å². The molecule has 1 heterocycles. The third kappa shape index (κ3) is 3.33. The summed E-state index contributed by atoms with van der Waals surface area (Å²) in [6.07, 6.45) is 1.44. The van der Waals surface area contributed by atoms with Crippen LogP contribution >= 0.6 is 0 Å². The monoisotopic (exact) mass is 288 g/mol. The predicted octanol–water partition coefficient (Wildman–Crippen LogP) is 1.52. The molecule has 0 atom stereocenters. The number of nitrogen functional groups attached to an aromatic ring is 1. The number of hydrogen-bond acceptors (Lipinski definition) is 6. The van der Waals surface area contributed by atoms with E-state index in [1.54, 1.807) is 32.4 Å². The minimum atomic E-state index is -0.618. The van der Waals surface area contributed by atoms with Crippen molar-refractivity contribution in [3.8, 4) is 11.5 Å². The summed E-state index contributed by atoms with van der Waals surface area (Å²) < 4.78 is 10.4. The number of rotatable bonds is 5. The van der Waals surface area contributed by atoms with Gasteiger partial charge in [0.1, 0.15) is 17.3 Å². The highest BCUT2D eigenvalue weighted by molar-refractivity contribution is 5.99. The van der Waals surface area contributed by atoms with Crippen LogP contribution in [0.1, 0.15) is 10.4 Å². The van der Waals surface area contributed by atoms with Gasteiger partial charge in [-0.25, -0.2) is 4.98 Å². The summed E-state index contributed by atoms with van der Waals surface area (Å²) >= 11 is 0. The minimum absolute atomic E-state index is 0.205. The molecule has 0 bridgehead atoms. The van der Waals surface area contributed by atoms with Crippen molar-refractivity contribution in [2.45, 2.75) is 0 Å². The predicted molar refractivity (Wildman–Crippen MR) is 80.0 cm³/mol. The lowest BCUT2D eigenvalue weighted by Gasteiger charge is -2.12. The van der Waals surface area contributed by atoms with E-state index in [2.05, 4.69) is 10.3 Å². The number of primary amides is 1. The Kier molecular flexibility index (Phi) is 4.13. The Labute approximate surface area is 121 Å². The Morgan fingerprint density at radius 1 is 1.14 bits per heavy atom. The highest BCUT2D eigenvalue weighted by Crippen LogP contribution is 2.28. The quantitative estimate of drug-likeness (QED) is 0.769. The van der Waals surface area contributed by atoms with E-state index in [4.69, 9.17) is 20.9 Å². The van der Waals surface area contributed by atoms with E-state index < -0.39 is 5.91 Å². The zero-order valence-electron chi connectivity index (χ0n) is 11.7. The zero-order chi connectivity index (χ0) is 15.4. The molecule has 7 nitrogen and oxygen atoms in total. The molecule has 1 amide bonds. The van der Waals surface area contributed by atoms with Gasteiger partial charge in [-0.2, -0.15) is 0 Å². The molecule has 1 aromatic carbocycles. The lowest BCUT2D eigenvalue weighted by molar-refractivity contribution is 0.100. The molecule has 2 aromatic rings. The zero-order valence-corrected chi connectivity index (χ0v) is 11.7. The maximum Gasteiger partial charge on any atom is 0.252 e. The second-order valence-corrected chi connectivity index (χ2v) is 4.26. The van der Waals surface area contributed by atoms with Crippen molar-refractivity contribution in [1.82, 2.24) is 4.98 Å². The fraction of sp³-hybridized carbons (Fsp3) is 0.143. The first kappa shape index (κ1) is 14.4. The molecule has 0 saturated heterocycles. The van der Waals surface area contributed by atoms with Crippen LogP contribution in [-0.4, -0.2) is 25.1 Å². The first-order valence-corrected chi connectivity index (χ1v) is 6.09. The largest absolute Gasteiger partial charge is 0.497 e. The summed E-state index contributed by atoms with van der Waals surface area (Å²) in [4.78, 5) is 15.5. The number of pyridine rings is 1. The fourth-order valence-corrected chi connectivity index (χ4v) is 1.78. The number of hydrogen-bond donors (Lipinski definition) is 3. The average molecular weight is 288 g/mol. The number of nitrogens with zero attached hydrogens (tertiary/aromatic N) is 1. The molecule has 0 saturated carbocycles. The number of methoxy groups -OCH3 is 2. The molecule has 110 valence electrons. The molecular weight excluding hydrogens is 272 g/mol. The van der Waals surface area contributed by atoms with Gasteiger partial charge < -0.3 is 26.3 Å². The van der Waals surface area contributed by atoms with Gasteiger partial charge in [0.05, 0.1) is 31.7 Å². The van der Waals surface area contributed by atoms with Gasteiger partial charge in [0, 0.05) is 23.9 Å². The molecule has 5 N–H and O–H groups in total. The Morgan fingerprint density at radius 2 is 1.76 bits per heavy atom. The summed E-state index contributed by atoms with van der Waals surface area (Å²) in [7, 11) is 3.10. The van der Waals surface area contributed by atoms with E-state index in [0.29, 0.717) is 28.7 Å². The maximum atomic E-state index is 11.4. The van der Waals surface area contributed by atoms with Crippen LogP contribution < -0.4 is 26.3 Å². The van der Waals surface area contributed by atoms with Crippen molar-refractivity contribution in [3.63, 3.8) is 0 Å².